The molecule has 0 amide bonds. The highest BCUT2D eigenvalue weighted by molar-refractivity contribution is 14.1. The van der Waals surface area contributed by atoms with Crippen LogP contribution < -0.4 is 4.74 Å². The molecule has 0 aliphatic heterocycles. The molecule has 0 saturated carbocycles. The molecule has 3 aromatic rings. The first-order chi connectivity index (χ1) is 10.5. The first-order valence-corrected chi connectivity index (χ1v) is 7.00. The van der Waals surface area contributed by atoms with E-state index in [0.717, 1.165) is 18.2 Å². The molecule has 0 bridgehead atoms. The predicted molar refractivity (Wildman–Crippen MR) is 82.5 cm³/mol. The third-order valence-electron chi connectivity index (χ3n) is 3.07. The normalized spacial score (nSPS) is 10.7. The SMILES string of the molecule is N#Cc1cc(Oc2c(F)cc3c(ccn3I)c2F)ccc1F. The van der Waals surface area contributed by atoms with Gasteiger partial charge in [-0.3, -0.25) is 2.78 Å². The van der Waals surface area contributed by atoms with Crippen LogP contribution in [0.25, 0.3) is 10.9 Å². The Balaban J connectivity index is 2.09. The molecule has 1 aromatic heterocycles. The zero-order valence-electron chi connectivity index (χ0n) is 10.8. The maximum absolute atomic E-state index is 14.4. The maximum atomic E-state index is 14.4. The second-order valence-corrected chi connectivity index (χ2v) is 5.46. The summed E-state index contributed by atoms with van der Waals surface area (Å²) in [6, 6.07) is 7.57. The number of hydrogen-bond donors (Lipinski definition) is 0. The minimum atomic E-state index is -0.885. The summed E-state index contributed by atoms with van der Waals surface area (Å²) in [6.45, 7) is 0. The molecule has 0 aliphatic rings. The summed E-state index contributed by atoms with van der Waals surface area (Å²) < 4.78 is 48.4. The van der Waals surface area contributed by atoms with Crippen molar-refractivity contribution in [3.05, 3.63) is 59.5 Å². The van der Waals surface area contributed by atoms with E-state index in [9.17, 15) is 13.2 Å². The van der Waals surface area contributed by atoms with Gasteiger partial charge in [0.1, 0.15) is 17.6 Å². The van der Waals surface area contributed by atoms with Crippen LogP contribution in [0, 0.1) is 28.8 Å². The molecule has 0 saturated heterocycles. The van der Waals surface area contributed by atoms with Crippen LogP contribution in [-0.4, -0.2) is 2.78 Å². The van der Waals surface area contributed by atoms with E-state index in [0.29, 0.717) is 5.52 Å². The number of aromatic nitrogens is 1. The molecule has 3 nitrogen and oxygen atoms in total. The van der Waals surface area contributed by atoms with Crippen LogP contribution in [0.1, 0.15) is 5.56 Å². The van der Waals surface area contributed by atoms with Crippen LogP contribution in [0.2, 0.25) is 0 Å². The van der Waals surface area contributed by atoms with Gasteiger partial charge in [-0.2, -0.15) is 5.26 Å². The molecule has 0 radical (unpaired) electrons. The topological polar surface area (TPSA) is 37.9 Å². The van der Waals surface area contributed by atoms with E-state index >= 15 is 0 Å². The molecule has 7 heteroatoms. The van der Waals surface area contributed by atoms with Crippen molar-refractivity contribution in [1.29, 1.82) is 5.26 Å². The number of nitriles is 1. The number of hydrogen-bond acceptors (Lipinski definition) is 2. The molecule has 0 spiro atoms. The van der Waals surface area contributed by atoms with Gasteiger partial charge >= 0.3 is 0 Å². The number of ether oxygens (including phenoxy) is 1. The van der Waals surface area contributed by atoms with Crippen molar-refractivity contribution in [3.8, 4) is 17.6 Å². The average molecular weight is 414 g/mol. The lowest BCUT2D eigenvalue weighted by Crippen LogP contribution is -1.95. The standard InChI is InChI=1S/C15H6F3IN2O/c16-11-2-1-9(5-8(11)7-20)22-15-12(17)6-13-10(14(15)18)3-4-21(13)19/h1-6H. The zero-order chi connectivity index (χ0) is 15.9. The summed E-state index contributed by atoms with van der Waals surface area (Å²) in [6.07, 6.45) is 1.59. The Morgan fingerprint density at radius 1 is 1.09 bits per heavy atom. The Kier molecular flexibility index (Phi) is 3.70. The average Bonchev–Trinajstić information content (AvgIpc) is 2.86. The summed E-state index contributed by atoms with van der Waals surface area (Å²) in [5.41, 5.74) is 0.109. The van der Waals surface area contributed by atoms with Gasteiger partial charge in [-0.15, -0.1) is 0 Å². The van der Waals surface area contributed by atoms with Crippen molar-refractivity contribution in [1.82, 2.24) is 2.78 Å². The van der Waals surface area contributed by atoms with E-state index in [1.807, 2.05) is 22.9 Å². The van der Waals surface area contributed by atoms with E-state index in [1.54, 1.807) is 15.0 Å². The van der Waals surface area contributed by atoms with Crippen LogP contribution in [0.15, 0.2) is 36.5 Å². The lowest BCUT2D eigenvalue weighted by Gasteiger charge is -2.09. The Hall–Kier alpha value is -2.21. The molecule has 110 valence electrons. The molecular weight excluding hydrogens is 408 g/mol. The minimum Gasteiger partial charge on any atom is -0.451 e. The molecule has 0 N–H and O–H groups in total. The van der Waals surface area contributed by atoms with Crippen molar-refractivity contribution in [3.63, 3.8) is 0 Å². The van der Waals surface area contributed by atoms with Crippen molar-refractivity contribution in [2.75, 3.05) is 0 Å². The monoisotopic (exact) mass is 414 g/mol. The van der Waals surface area contributed by atoms with E-state index in [-0.39, 0.29) is 16.7 Å². The van der Waals surface area contributed by atoms with Crippen molar-refractivity contribution in [2.24, 2.45) is 0 Å². The fourth-order valence-corrected chi connectivity index (χ4v) is 2.58. The summed E-state index contributed by atoms with van der Waals surface area (Å²) in [5.74, 6) is -3.08. The fraction of sp³-hybridized carbons (Fsp3) is 0. The third-order valence-corrected chi connectivity index (χ3v) is 3.91. The lowest BCUT2D eigenvalue weighted by molar-refractivity contribution is 0.410. The van der Waals surface area contributed by atoms with Gasteiger partial charge in [-0.1, -0.05) is 0 Å². The van der Waals surface area contributed by atoms with Gasteiger partial charge < -0.3 is 4.74 Å². The van der Waals surface area contributed by atoms with Crippen LogP contribution in [0.3, 0.4) is 0 Å². The highest BCUT2D eigenvalue weighted by atomic mass is 127. The number of benzene rings is 2. The third kappa shape index (κ3) is 2.39. The van der Waals surface area contributed by atoms with E-state index in [1.165, 1.54) is 12.1 Å². The maximum Gasteiger partial charge on any atom is 0.199 e. The van der Waals surface area contributed by atoms with Crippen LogP contribution >= 0.6 is 22.9 Å². The fourth-order valence-electron chi connectivity index (χ4n) is 2.02. The molecule has 2 aromatic carbocycles. The Morgan fingerprint density at radius 2 is 1.86 bits per heavy atom. The van der Waals surface area contributed by atoms with Gasteiger partial charge in [0.05, 0.1) is 33.9 Å². The van der Waals surface area contributed by atoms with E-state index < -0.39 is 23.2 Å². The van der Waals surface area contributed by atoms with E-state index in [2.05, 4.69) is 0 Å². The number of fused-ring (bicyclic) bond motifs is 1. The van der Waals surface area contributed by atoms with Crippen molar-refractivity contribution >= 4 is 33.8 Å². The van der Waals surface area contributed by atoms with Crippen LogP contribution in [0.5, 0.6) is 11.5 Å². The number of halogens is 4. The van der Waals surface area contributed by atoms with Crippen molar-refractivity contribution < 1.29 is 17.9 Å². The molecule has 0 atom stereocenters. The summed E-state index contributed by atoms with van der Waals surface area (Å²) in [4.78, 5) is 0. The molecule has 0 fully saturated rings. The first kappa shape index (κ1) is 14.7. The summed E-state index contributed by atoms with van der Waals surface area (Å²) >= 11 is 1.90. The Morgan fingerprint density at radius 3 is 2.59 bits per heavy atom. The smallest absolute Gasteiger partial charge is 0.199 e. The number of rotatable bonds is 2. The predicted octanol–water partition coefficient (Wildman–Crippen LogP) is 4.92. The van der Waals surface area contributed by atoms with Gasteiger partial charge in [0.25, 0.3) is 0 Å². The number of nitrogens with zero attached hydrogens (tertiary/aromatic N) is 2. The first-order valence-electron chi connectivity index (χ1n) is 6.04. The quantitative estimate of drug-likeness (QED) is 0.559. The minimum absolute atomic E-state index is 0.0241. The molecule has 1 heterocycles. The van der Waals surface area contributed by atoms with Crippen LogP contribution in [-0.2, 0) is 0 Å². The highest BCUT2D eigenvalue weighted by Crippen LogP contribution is 2.34. The molecular formula is C15H6F3IN2O. The zero-order valence-corrected chi connectivity index (χ0v) is 12.9. The molecule has 3 rings (SSSR count). The Bertz CT molecular complexity index is 931. The Labute approximate surface area is 137 Å². The van der Waals surface area contributed by atoms with Gasteiger partial charge in [-0.05, 0) is 18.2 Å². The second kappa shape index (κ2) is 5.53. The molecule has 22 heavy (non-hydrogen) atoms. The lowest BCUT2D eigenvalue weighted by atomic mass is 10.2. The van der Waals surface area contributed by atoms with Crippen LogP contribution in [0.4, 0.5) is 13.2 Å². The molecule has 0 aliphatic carbocycles. The van der Waals surface area contributed by atoms with Crippen molar-refractivity contribution in [2.45, 2.75) is 0 Å². The van der Waals surface area contributed by atoms with Gasteiger partial charge in [-0.25, -0.2) is 13.2 Å². The summed E-state index contributed by atoms with van der Waals surface area (Å²) in [7, 11) is 0. The van der Waals surface area contributed by atoms with E-state index in [4.69, 9.17) is 10.00 Å². The van der Waals surface area contributed by atoms with Gasteiger partial charge in [0, 0.05) is 23.7 Å². The highest BCUT2D eigenvalue weighted by Gasteiger charge is 2.18. The van der Waals surface area contributed by atoms with Gasteiger partial charge in [0.15, 0.2) is 17.4 Å². The molecule has 0 unspecified atom stereocenters. The second-order valence-electron chi connectivity index (χ2n) is 4.42. The van der Waals surface area contributed by atoms with Gasteiger partial charge in [0.2, 0.25) is 0 Å². The summed E-state index contributed by atoms with van der Waals surface area (Å²) in [5, 5.41) is 8.97. The largest absolute Gasteiger partial charge is 0.451 e.